The number of hydrogen-bond donors (Lipinski definition) is 3. The summed E-state index contributed by atoms with van der Waals surface area (Å²) in [4.78, 5) is 17.1. The average molecular weight is 513 g/mol. The van der Waals surface area contributed by atoms with E-state index in [-0.39, 0.29) is 12.0 Å². The van der Waals surface area contributed by atoms with Gasteiger partial charge in [-0.2, -0.15) is 0 Å². The van der Waals surface area contributed by atoms with Crippen LogP contribution in [0.15, 0.2) is 77.5 Å². The summed E-state index contributed by atoms with van der Waals surface area (Å²) in [7, 11) is 0. The zero-order chi connectivity index (χ0) is 26.4. The van der Waals surface area contributed by atoms with E-state index >= 15 is 0 Å². The highest BCUT2D eigenvalue weighted by atomic mass is 16.5. The van der Waals surface area contributed by atoms with E-state index in [9.17, 15) is 4.79 Å². The molecule has 0 unspecified atom stereocenters. The highest BCUT2D eigenvalue weighted by molar-refractivity contribution is 5.95. The van der Waals surface area contributed by atoms with Crippen molar-refractivity contribution in [2.24, 2.45) is 0 Å². The molecule has 9 nitrogen and oxygen atoms in total. The fourth-order valence-corrected chi connectivity index (χ4v) is 4.58. The van der Waals surface area contributed by atoms with Gasteiger partial charge in [0.15, 0.2) is 0 Å². The van der Waals surface area contributed by atoms with Gasteiger partial charge >= 0.3 is 0 Å². The number of nitrogens with one attached hydrogen (secondary N) is 3. The molecule has 2 aromatic heterocycles. The molecule has 0 bridgehead atoms. The van der Waals surface area contributed by atoms with Crippen LogP contribution in [0.1, 0.15) is 48.5 Å². The summed E-state index contributed by atoms with van der Waals surface area (Å²) >= 11 is 0. The van der Waals surface area contributed by atoms with E-state index in [1.54, 1.807) is 18.5 Å². The maximum Gasteiger partial charge on any atom is 0.251 e. The largest absolute Gasteiger partial charge is 0.491 e. The maximum atomic E-state index is 13.1. The summed E-state index contributed by atoms with van der Waals surface area (Å²) in [6.45, 7) is 5.94. The Hall–Kier alpha value is -4.24. The molecule has 5 rings (SSSR count). The summed E-state index contributed by atoms with van der Waals surface area (Å²) in [6.07, 6.45) is 4.97. The Kier molecular flexibility index (Phi) is 7.65. The smallest absolute Gasteiger partial charge is 0.251 e. The Morgan fingerprint density at radius 3 is 2.63 bits per heavy atom. The van der Waals surface area contributed by atoms with E-state index in [0.717, 1.165) is 48.5 Å². The first-order chi connectivity index (χ1) is 18.5. The lowest BCUT2D eigenvalue weighted by Crippen LogP contribution is -2.45. The van der Waals surface area contributed by atoms with Gasteiger partial charge < -0.3 is 25.1 Å². The standard InChI is InChI=1S/C29H32N6O3/c1-20(2)37-25-9-4-3-6-23(25)19-32-26(36)22-7-5-8-24(18-22)33-29(12-16-31-17-13-29)28-35-34-27(38-28)21-10-14-30-15-11-21/h3-11,14-15,18,20,31,33H,12-13,16-17,19H2,1-2H3,(H,32,36). The van der Waals surface area contributed by atoms with Gasteiger partial charge in [-0.25, -0.2) is 0 Å². The molecule has 1 saturated heterocycles. The van der Waals surface area contributed by atoms with Gasteiger partial charge in [-0.1, -0.05) is 24.3 Å². The van der Waals surface area contributed by atoms with Crippen LogP contribution in [0.5, 0.6) is 5.75 Å². The second-order valence-corrected chi connectivity index (χ2v) is 9.64. The van der Waals surface area contributed by atoms with E-state index in [1.165, 1.54) is 0 Å². The van der Waals surface area contributed by atoms with Crippen LogP contribution in [0.2, 0.25) is 0 Å². The Labute approximate surface area is 222 Å². The summed E-state index contributed by atoms with van der Waals surface area (Å²) in [5.74, 6) is 1.60. The minimum atomic E-state index is -0.550. The fraction of sp³-hybridized carbons (Fsp3) is 0.310. The minimum Gasteiger partial charge on any atom is -0.491 e. The Bertz CT molecular complexity index is 1370. The number of carbonyl (C=O) groups is 1. The SMILES string of the molecule is CC(C)Oc1ccccc1CNC(=O)c1cccc(NC2(c3nnc(-c4ccncc4)o3)CCNCC2)c1. The van der Waals surface area contributed by atoms with Gasteiger partial charge in [-0.3, -0.25) is 9.78 Å². The molecule has 1 aliphatic rings. The van der Waals surface area contributed by atoms with Gasteiger partial charge in [-0.05, 0) is 76.2 Å². The van der Waals surface area contributed by atoms with Gasteiger partial charge in [0.1, 0.15) is 11.3 Å². The molecule has 196 valence electrons. The van der Waals surface area contributed by atoms with Gasteiger partial charge in [0.2, 0.25) is 11.8 Å². The van der Waals surface area contributed by atoms with Crippen LogP contribution in [0, 0.1) is 0 Å². The Morgan fingerprint density at radius 2 is 1.84 bits per heavy atom. The molecule has 3 N–H and O–H groups in total. The van der Waals surface area contributed by atoms with Crippen molar-refractivity contribution in [3.05, 3.63) is 90.1 Å². The average Bonchev–Trinajstić information content (AvgIpc) is 3.45. The van der Waals surface area contributed by atoms with Crippen molar-refractivity contribution >= 4 is 11.6 Å². The Morgan fingerprint density at radius 1 is 1.05 bits per heavy atom. The monoisotopic (exact) mass is 512 g/mol. The van der Waals surface area contributed by atoms with Gasteiger partial charge in [0, 0.05) is 41.3 Å². The fourth-order valence-electron chi connectivity index (χ4n) is 4.58. The van der Waals surface area contributed by atoms with E-state index in [1.807, 2.05) is 68.4 Å². The van der Waals surface area contributed by atoms with Crippen molar-refractivity contribution < 1.29 is 13.9 Å². The summed E-state index contributed by atoms with van der Waals surface area (Å²) in [6, 6.07) is 18.9. The van der Waals surface area contributed by atoms with Crippen molar-refractivity contribution in [2.75, 3.05) is 18.4 Å². The number of carbonyl (C=O) groups excluding carboxylic acids is 1. The molecule has 0 spiro atoms. The molecule has 1 fully saturated rings. The van der Waals surface area contributed by atoms with Crippen molar-refractivity contribution in [3.8, 4) is 17.2 Å². The van der Waals surface area contributed by atoms with Crippen LogP contribution in [-0.2, 0) is 12.1 Å². The van der Waals surface area contributed by atoms with Gasteiger partial charge in [-0.15, -0.1) is 10.2 Å². The van der Waals surface area contributed by atoms with E-state index in [4.69, 9.17) is 9.15 Å². The molecule has 0 saturated carbocycles. The predicted octanol–water partition coefficient (Wildman–Crippen LogP) is 4.54. The van der Waals surface area contributed by atoms with Crippen LogP contribution < -0.4 is 20.7 Å². The van der Waals surface area contributed by atoms with Crippen LogP contribution in [-0.4, -0.2) is 40.3 Å². The van der Waals surface area contributed by atoms with Crippen molar-refractivity contribution in [1.29, 1.82) is 0 Å². The number of para-hydroxylation sites is 1. The zero-order valence-corrected chi connectivity index (χ0v) is 21.6. The van der Waals surface area contributed by atoms with Crippen molar-refractivity contribution in [1.82, 2.24) is 25.8 Å². The van der Waals surface area contributed by atoms with Gasteiger partial charge in [0.05, 0.1) is 6.10 Å². The number of nitrogens with zero attached hydrogens (tertiary/aromatic N) is 3. The lowest BCUT2D eigenvalue weighted by molar-refractivity contribution is 0.0950. The third-order valence-corrected chi connectivity index (χ3v) is 6.50. The number of piperidine rings is 1. The van der Waals surface area contributed by atoms with E-state index < -0.39 is 5.54 Å². The highest BCUT2D eigenvalue weighted by Gasteiger charge is 2.39. The normalized spacial score (nSPS) is 14.7. The van der Waals surface area contributed by atoms with Crippen LogP contribution in [0.3, 0.4) is 0 Å². The molecule has 0 atom stereocenters. The molecule has 3 heterocycles. The zero-order valence-electron chi connectivity index (χ0n) is 21.6. The number of pyridine rings is 1. The van der Waals surface area contributed by atoms with Crippen molar-refractivity contribution in [2.45, 2.75) is 44.9 Å². The quantitative estimate of drug-likeness (QED) is 0.300. The third kappa shape index (κ3) is 5.84. The van der Waals surface area contributed by atoms with E-state index in [0.29, 0.717) is 23.9 Å². The number of ether oxygens (including phenoxy) is 1. The number of rotatable bonds is 9. The molecular formula is C29H32N6O3. The molecule has 4 aromatic rings. The maximum absolute atomic E-state index is 13.1. The first-order valence-electron chi connectivity index (χ1n) is 12.9. The van der Waals surface area contributed by atoms with Crippen molar-refractivity contribution in [3.63, 3.8) is 0 Å². The first-order valence-corrected chi connectivity index (χ1v) is 12.9. The lowest BCUT2D eigenvalue weighted by atomic mass is 9.87. The number of anilines is 1. The second-order valence-electron chi connectivity index (χ2n) is 9.64. The number of amides is 1. The summed E-state index contributed by atoms with van der Waals surface area (Å²) in [5.41, 5.74) is 2.57. The molecular weight excluding hydrogens is 480 g/mol. The topological polar surface area (TPSA) is 114 Å². The molecule has 1 amide bonds. The Balaban J connectivity index is 1.33. The predicted molar refractivity (Wildman–Crippen MR) is 145 cm³/mol. The third-order valence-electron chi connectivity index (χ3n) is 6.50. The molecule has 38 heavy (non-hydrogen) atoms. The minimum absolute atomic E-state index is 0.0524. The molecule has 0 radical (unpaired) electrons. The lowest BCUT2D eigenvalue weighted by Gasteiger charge is -2.36. The van der Waals surface area contributed by atoms with Gasteiger partial charge in [0.25, 0.3) is 5.91 Å². The van der Waals surface area contributed by atoms with Crippen LogP contribution in [0.4, 0.5) is 5.69 Å². The number of aromatic nitrogens is 3. The molecule has 1 aliphatic heterocycles. The number of benzene rings is 2. The molecule has 9 heteroatoms. The molecule has 2 aromatic carbocycles. The highest BCUT2D eigenvalue weighted by Crippen LogP contribution is 2.35. The molecule has 0 aliphatic carbocycles. The summed E-state index contributed by atoms with van der Waals surface area (Å²) in [5, 5.41) is 18.8. The van der Waals surface area contributed by atoms with E-state index in [2.05, 4.69) is 31.1 Å². The summed E-state index contributed by atoms with van der Waals surface area (Å²) < 4.78 is 12.0. The number of hydrogen-bond acceptors (Lipinski definition) is 8. The van der Waals surface area contributed by atoms with Crippen LogP contribution in [0.25, 0.3) is 11.5 Å². The second kappa shape index (κ2) is 11.4. The van der Waals surface area contributed by atoms with Crippen LogP contribution >= 0.6 is 0 Å². The first kappa shape index (κ1) is 25.4.